The van der Waals surface area contributed by atoms with Crippen LogP contribution in [0.5, 0.6) is 0 Å². The van der Waals surface area contributed by atoms with Gasteiger partial charge in [-0.3, -0.25) is 4.79 Å². The highest BCUT2D eigenvalue weighted by atomic mass is 16.2. The second-order valence-corrected chi connectivity index (χ2v) is 5.14. The van der Waals surface area contributed by atoms with Gasteiger partial charge in [0, 0.05) is 35.9 Å². The van der Waals surface area contributed by atoms with E-state index in [-0.39, 0.29) is 12.5 Å². The van der Waals surface area contributed by atoms with Crippen LogP contribution < -0.4 is 5.32 Å². The second kappa shape index (κ2) is 6.89. The van der Waals surface area contributed by atoms with E-state index in [9.17, 15) is 4.79 Å². The van der Waals surface area contributed by atoms with Gasteiger partial charge in [0.25, 0.3) is 5.91 Å². The summed E-state index contributed by atoms with van der Waals surface area (Å²) in [6.45, 7) is 0.118. The lowest BCUT2D eigenvalue weighted by atomic mass is 10.1. The van der Waals surface area contributed by atoms with Crippen LogP contribution in [-0.4, -0.2) is 27.2 Å². The van der Waals surface area contributed by atoms with Gasteiger partial charge in [-0.15, -0.1) is 0 Å². The monoisotopic (exact) mass is 307 g/mol. The number of aromatic nitrogens is 2. The van der Waals surface area contributed by atoms with Gasteiger partial charge in [0.2, 0.25) is 0 Å². The van der Waals surface area contributed by atoms with E-state index in [0.717, 1.165) is 16.9 Å². The first kappa shape index (κ1) is 15.0. The molecule has 0 aliphatic heterocycles. The average molecular weight is 307 g/mol. The van der Waals surface area contributed by atoms with Gasteiger partial charge in [-0.05, 0) is 42.3 Å². The zero-order chi connectivity index (χ0) is 16.1. The van der Waals surface area contributed by atoms with Crippen LogP contribution in [0.25, 0.3) is 5.69 Å². The highest BCUT2D eigenvalue weighted by Crippen LogP contribution is 2.14. The summed E-state index contributed by atoms with van der Waals surface area (Å²) in [4.78, 5) is 16.4. The molecule has 3 aromatic rings. The number of nitrogens with one attached hydrogen (secondary N) is 1. The van der Waals surface area contributed by atoms with Gasteiger partial charge in [-0.25, -0.2) is 4.98 Å². The third-order valence-electron chi connectivity index (χ3n) is 3.52. The first-order chi connectivity index (χ1) is 11.3. The van der Waals surface area contributed by atoms with Gasteiger partial charge in [-0.2, -0.15) is 0 Å². The molecule has 0 saturated heterocycles. The smallest absolute Gasteiger partial charge is 0.255 e. The number of imidazole rings is 1. The van der Waals surface area contributed by atoms with Gasteiger partial charge < -0.3 is 15.0 Å². The van der Waals surface area contributed by atoms with Crippen LogP contribution in [0.4, 0.5) is 5.69 Å². The summed E-state index contributed by atoms with van der Waals surface area (Å²) in [6, 6.07) is 14.8. The van der Waals surface area contributed by atoms with Crippen LogP contribution in [0.3, 0.4) is 0 Å². The molecule has 2 N–H and O–H groups in total. The minimum absolute atomic E-state index is 0.118. The SMILES string of the molecule is O=C(Nc1ccc(CCO)cc1)c1cccc(-n2ccnc2)c1. The molecule has 5 heteroatoms. The number of nitrogens with zero attached hydrogens (tertiary/aromatic N) is 2. The molecule has 3 rings (SSSR count). The van der Waals surface area contributed by atoms with Crippen molar-refractivity contribution in [1.82, 2.24) is 9.55 Å². The molecule has 0 aliphatic carbocycles. The third-order valence-corrected chi connectivity index (χ3v) is 3.52. The molecule has 0 bridgehead atoms. The maximum Gasteiger partial charge on any atom is 0.255 e. The Morgan fingerprint density at radius 2 is 2.00 bits per heavy atom. The minimum Gasteiger partial charge on any atom is -0.396 e. The summed E-state index contributed by atoms with van der Waals surface area (Å²) in [5.41, 5.74) is 3.22. The molecule has 1 heterocycles. The number of benzene rings is 2. The molecule has 0 aliphatic rings. The Bertz CT molecular complexity index is 780. The zero-order valence-electron chi connectivity index (χ0n) is 12.5. The van der Waals surface area contributed by atoms with Crippen LogP contribution in [-0.2, 0) is 6.42 Å². The van der Waals surface area contributed by atoms with Gasteiger partial charge in [0.1, 0.15) is 0 Å². The number of aliphatic hydroxyl groups is 1. The molecule has 0 atom stereocenters. The fraction of sp³-hybridized carbons (Fsp3) is 0.111. The van der Waals surface area contributed by atoms with E-state index in [0.29, 0.717) is 12.0 Å². The molecule has 0 spiro atoms. The minimum atomic E-state index is -0.165. The number of hydrogen-bond acceptors (Lipinski definition) is 3. The second-order valence-electron chi connectivity index (χ2n) is 5.14. The molecule has 5 nitrogen and oxygen atoms in total. The molecule has 0 saturated carbocycles. The fourth-order valence-corrected chi connectivity index (χ4v) is 2.31. The summed E-state index contributed by atoms with van der Waals surface area (Å²) in [5, 5.41) is 11.8. The van der Waals surface area contributed by atoms with E-state index in [1.54, 1.807) is 18.6 Å². The van der Waals surface area contributed by atoms with E-state index in [1.807, 2.05) is 53.2 Å². The van der Waals surface area contributed by atoms with Crippen molar-refractivity contribution < 1.29 is 9.90 Å². The van der Waals surface area contributed by atoms with Crippen molar-refractivity contribution in [3.8, 4) is 5.69 Å². The Labute approximate surface area is 134 Å². The Balaban J connectivity index is 1.74. The predicted molar refractivity (Wildman–Crippen MR) is 88.7 cm³/mol. The number of aliphatic hydroxyl groups excluding tert-OH is 1. The topological polar surface area (TPSA) is 67.2 Å². The summed E-state index contributed by atoms with van der Waals surface area (Å²) < 4.78 is 1.85. The number of hydrogen-bond donors (Lipinski definition) is 2. The van der Waals surface area contributed by atoms with Gasteiger partial charge in [0.15, 0.2) is 0 Å². The van der Waals surface area contributed by atoms with Crippen LogP contribution >= 0.6 is 0 Å². The number of amides is 1. The molecule has 2 aromatic carbocycles. The van der Waals surface area contributed by atoms with Crippen molar-refractivity contribution in [1.29, 1.82) is 0 Å². The average Bonchev–Trinajstić information content (AvgIpc) is 3.12. The summed E-state index contributed by atoms with van der Waals surface area (Å²) in [6.07, 6.45) is 5.83. The van der Waals surface area contributed by atoms with Gasteiger partial charge in [-0.1, -0.05) is 18.2 Å². The predicted octanol–water partition coefficient (Wildman–Crippen LogP) is 2.66. The Kier molecular flexibility index (Phi) is 4.49. The molecule has 23 heavy (non-hydrogen) atoms. The Hall–Kier alpha value is -2.92. The lowest BCUT2D eigenvalue weighted by Gasteiger charge is -2.08. The highest BCUT2D eigenvalue weighted by molar-refractivity contribution is 6.04. The van der Waals surface area contributed by atoms with E-state index in [2.05, 4.69) is 10.3 Å². The van der Waals surface area contributed by atoms with Crippen molar-refractivity contribution in [2.45, 2.75) is 6.42 Å². The molecule has 0 radical (unpaired) electrons. The normalized spacial score (nSPS) is 10.5. The van der Waals surface area contributed by atoms with Crippen LogP contribution in [0.15, 0.2) is 67.3 Å². The quantitative estimate of drug-likeness (QED) is 0.761. The van der Waals surface area contributed by atoms with Gasteiger partial charge in [0.05, 0.1) is 6.33 Å². The van der Waals surface area contributed by atoms with E-state index in [1.165, 1.54) is 0 Å². The maximum absolute atomic E-state index is 12.4. The van der Waals surface area contributed by atoms with Crippen molar-refractivity contribution in [3.05, 3.63) is 78.4 Å². The molecule has 1 amide bonds. The van der Waals surface area contributed by atoms with E-state index >= 15 is 0 Å². The maximum atomic E-state index is 12.4. The Morgan fingerprint density at radius 3 is 2.70 bits per heavy atom. The van der Waals surface area contributed by atoms with Crippen LogP contribution in [0.1, 0.15) is 15.9 Å². The summed E-state index contributed by atoms with van der Waals surface area (Å²) in [5.74, 6) is -0.165. The van der Waals surface area contributed by atoms with Crippen molar-refractivity contribution in [3.63, 3.8) is 0 Å². The van der Waals surface area contributed by atoms with Gasteiger partial charge >= 0.3 is 0 Å². The number of carbonyl (C=O) groups excluding carboxylic acids is 1. The third kappa shape index (κ3) is 3.64. The number of carbonyl (C=O) groups is 1. The van der Waals surface area contributed by atoms with Crippen molar-refractivity contribution in [2.24, 2.45) is 0 Å². The first-order valence-corrected chi connectivity index (χ1v) is 7.36. The molecule has 0 unspecified atom stereocenters. The zero-order valence-corrected chi connectivity index (χ0v) is 12.5. The molecular formula is C18H17N3O2. The highest BCUT2D eigenvalue weighted by Gasteiger charge is 2.07. The summed E-state index contributed by atoms with van der Waals surface area (Å²) in [7, 11) is 0. The van der Waals surface area contributed by atoms with E-state index in [4.69, 9.17) is 5.11 Å². The summed E-state index contributed by atoms with van der Waals surface area (Å²) >= 11 is 0. The van der Waals surface area contributed by atoms with Crippen molar-refractivity contribution in [2.75, 3.05) is 11.9 Å². The standard InChI is InChI=1S/C18H17N3O2/c22-11-8-14-4-6-16(7-5-14)20-18(23)15-2-1-3-17(12-15)21-10-9-19-13-21/h1-7,9-10,12-13,22H,8,11H2,(H,20,23). The van der Waals surface area contributed by atoms with E-state index < -0.39 is 0 Å². The van der Waals surface area contributed by atoms with Crippen LogP contribution in [0.2, 0.25) is 0 Å². The largest absolute Gasteiger partial charge is 0.396 e. The lowest BCUT2D eigenvalue weighted by Crippen LogP contribution is -2.12. The van der Waals surface area contributed by atoms with Crippen molar-refractivity contribution >= 4 is 11.6 Å². The lowest BCUT2D eigenvalue weighted by molar-refractivity contribution is 0.102. The Morgan fingerprint density at radius 1 is 1.17 bits per heavy atom. The first-order valence-electron chi connectivity index (χ1n) is 7.36. The number of rotatable bonds is 5. The molecule has 116 valence electrons. The molecule has 0 fully saturated rings. The number of anilines is 1. The molecule has 1 aromatic heterocycles. The van der Waals surface area contributed by atoms with Crippen LogP contribution in [0, 0.1) is 0 Å². The molecular weight excluding hydrogens is 290 g/mol. The fourth-order valence-electron chi connectivity index (χ4n) is 2.31.